The summed E-state index contributed by atoms with van der Waals surface area (Å²) in [7, 11) is 0. The second kappa shape index (κ2) is 7.20. The lowest BCUT2D eigenvalue weighted by Gasteiger charge is -2.16. The maximum absolute atomic E-state index is 12.2. The Kier molecular flexibility index (Phi) is 5.53. The van der Waals surface area contributed by atoms with Gasteiger partial charge in [-0.1, -0.05) is 12.0 Å². The minimum absolute atomic E-state index is 0.141. The third kappa shape index (κ3) is 3.65. The molecule has 1 aliphatic heterocycles. The van der Waals surface area contributed by atoms with Gasteiger partial charge in [-0.2, -0.15) is 0 Å². The molecule has 0 radical (unpaired) electrons. The molecule has 0 aliphatic carbocycles. The van der Waals surface area contributed by atoms with Crippen LogP contribution < -0.4 is 4.74 Å². The van der Waals surface area contributed by atoms with E-state index in [2.05, 4.69) is 28.5 Å². The third-order valence-corrected chi connectivity index (χ3v) is 4.63. The van der Waals surface area contributed by atoms with Gasteiger partial charge in [-0.25, -0.2) is 0 Å². The van der Waals surface area contributed by atoms with Crippen molar-refractivity contribution in [1.29, 1.82) is 0 Å². The van der Waals surface area contributed by atoms with Crippen LogP contribution in [0, 0.1) is 15.9 Å². The first-order valence-corrected chi connectivity index (χ1v) is 8.46. The fraction of sp³-hybridized carbons (Fsp3) is 0.250. The van der Waals surface area contributed by atoms with Crippen LogP contribution in [0.5, 0.6) is 5.75 Å². The van der Waals surface area contributed by atoms with Crippen LogP contribution in [0.1, 0.15) is 19.4 Å². The zero-order chi connectivity index (χ0) is 16.3. The van der Waals surface area contributed by atoms with Crippen LogP contribution in [-0.4, -0.2) is 28.7 Å². The van der Waals surface area contributed by atoms with Crippen LogP contribution in [0.2, 0.25) is 0 Å². The largest absolute Gasteiger partial charge is 0.480 e. The van der Waals surface area contributed by atoms with E-state index in [-0.39, 0.29) is 23.8 Å². The van der Waals surface area contributed by atoms with Crippen LogP contribution in [0.25, 0.3) is 6.08 Å². The lowest BCUT2D eigenvalue weighted by atomic mass is 10.2. The number of thioether (sulfide) groups is 1. The van der Waals surface area contributed by atoms with Crippen LogP contribution in [0.4, 0.5) is 4.79 Å². The average Bonchev–Trinajstić information content (AvgIpc) is 2.72. The van der Waals surface area contributed by atoms with Gasteiger partial charge in [0.15, 0.2) is 0 Å². The molecule has 1 heterocycles. The Morgan fingerprint density at radius 2 is 2.18 bits per heavy atom. The molecule has 0 bridgehead atoms. The fourth-order valence-electron chi connectivity index (χ4n) is 1.92. The molecule has 0 atom stereocenters. The molecule has 1 aliphatic rings. The monoisotopic (exact) mass is 427 g/mol. The Morgan fingerprint density at radius 3 is 2.73 bits per heavy atom. The number of nitrogens with zero attached hydrogens (tertiary/aromatic N) is 1. The van der Waals surface area contributed by atoms with E-state index in [1.54, 1.807) is 12.1 Å². The van der Waals surface area contributed by atoms with Gasteiger partial charge < -0.3 is 4.74 Å². The van der Waals surface area contributed by atoms with E-state index in [9.17, 15) is 9.59 Å². The molecule has 1 saturated heterocycles. The zero-order valence-corrected chi connectivity index (χ0v) is 15.1. The van der Waals surface area contributed by atoms with Gasteiger partial charge in [0, 0.05) is 6.04 Å². The number of hydrogen-bond donors (Lipinski definition) is 0. The number of carbonyl (C=O) groups is 2. The molecule has 0 unspecified atom stereocenters. The molecule has 4 nitrogen and oxygen atoms in total. The first-order valence-electron chi connectivity index (χ1n) is 6.57. The lowest BCUT2D eigenvalue weighted by molar-refractivity contribution is -0.123. The molecule has 1 fully saturated rings. The molecule has 6 heteroatoms. The molecule has 1 aromatic rings. The Morgan fingerprint density at radius 1 is 1.45 bits per heavy atom. The Hall–Kier alpha value is -1.46. The van der Waals surface area contributed by atoms with Crippen molar-refractivity contribution in [3.63, 3.8) is 0 Å². The van der Waals surface area contributed by atoms with Crippen molar-refractivity contribution < 1.29 is 14.3 Å². The van der Waals surface area contributed by atoms with Gasteiger partial charge in [-0.05, 0) is 72.0 Å². The molecular formula is C16H14INO3S. The van der Waals surface area contributed by atoms with Gasteiger partial charge in [-0.15, -0.1) is 6.42 Å². The normalized spacial score (nSPS) is 16.5. The number of imide groups is 1. The van der Waals surface area contributed by atoms with E-state index in [4.69, 9.17) is 11.2 Å². The molecule has 2 rings (SSSR count). The maximum atomic E-state index is 12.2. The predicted molar refractivity (Wildman–Crippen MR) is 96.4 cm³/mol. The van der Waals surface area contributed by atoms with E-state index < -0.39 is 0 Å². The van der Waals surface area contributed by atoms with Crippen molar-refractivity contribution in [2.24, 2.45) is 0 Å². The summed E-state index contributed by atoms with van der Waals surface area (Å²) in [6.07, 6.45) is 6.89. The van der Waals surface area contributed by atoms with Gasteiger partial charge in [0.05, 0.1) is 8.48 Å². The highest BCUT2D eigenvalue weighted by Crippen LogP contribution is 2.34. The summed E-state index contributed by atoms with van der Waals surface area (Å²) in [6.45, 7) is 3.85. The Bertz CT molecular complexity index is 691. The first-order chi connectivity index (χ1) is 10.4. The second-order valence-corrected chi connectivity index (χ2v) is 6.98. The number of hydrogen-bond acceptors (Lipinski definition) is 4. The minimum atomic E-state index is -0.243. The summed E-state index contributed by atoms with van der Waals surface area (Å²) < 4.78 is 6.29. The highest BCUT2D eigenvalue weighted by Gasteiger charge is 2.36. The van der Waals surface area contributed by atoms with Gasteiger partial charge in [0.1, 0.15) is 12.4 Å². The topological polar surface area (TPSA) is 46.6 Å². The number of halogens is 1. The molecule has 22 heavy (non-hydrogen) atoms. The van der Waals surface area contributed by atoms with Crippen molar-refractivity contribution in [2.75, 3.05) is 6.61 Å². The summed E-state index contributed by atoms with van der Waals surface area (Å²) in [5.74, 6) is 2.87. The van der Waals surface area contributed by atoms with Crippen LogP contribution >= 0.6 is 34.4 Å². The summed E-state index contributed by atoms with van der Waals surface area (Å²) in [6, 6.07) is 5.38. The Labute approximate surface area is 147 Å². The number of carbonyl (C=O) groups excluding carboxylic acids is 2. The zero-order valence-electron chi connectivity index (χ0n) is 12.1. The van der Waals surface area contributed by atoms with Gasteiger partial charge in [0.2, 0.25) is 0 Å². The fourth-order valence-corrected chi connectivity index (χ4v) is 3.58. The second-order valence-electron chi connectivity index (χ2n) is 4.83. The van der Waals surface area contributed by atoms with Crippen LogP contribution in [0.15, 0.2) is 23.1 Å². The predicted octanol–water partition coefficient (Wildman–Crippen LogP) is 3.75. The van der Waals surface area contributed by atoms with Gasteiger partial charge in [0.25, 0.3) is 11.1 Å². The molecule has 0 saturated carbocycles. The van der Waals surface area contributed by atoms with Crippen molar-refractivity contribution in [3.8, 4) is 18.1 Å². The molecule has 0 aromatic heterocycles. The molecule has 2 amide bonds. The van der Waals surface area contributed by atoms with Crippen molar-refractivity contribution in [1.82, 2.24) is 4.90 Å². The summed E-state index contributed by atoms with van der Waals surface area (Å²) in [5, 5.41) is -0.227. The van der Waals surface area contributed by atoms with Crippen LogP contribution in [-0.2, 0) is 4.79 Å². The quantitative estimate of drug-likeness (QED) is 0.417. The third-order valence-electron chi connectivity index (χ3n) is 2.90. The minimum Gasteiger partial charge on any atom is -0.480 e. The van der Waals surface area contributed by atoms with Crippen molar-refractivity contribution in [3.05, 3.63) is 32.2 Å². The van der Waals surface area contributed by atoms with E-state index in [1.807, 2.05) is 26.0 Å². The Balaban J connectivity index is 2.24. The number of benzene rings is 1. The molecule has 114 valence electrons. The maximum Gasteiger partial charge on any atom is 0.293 e. The van der Waals surface area contributed by atoms with Gasteiger partial charge in [-0.3, -0.25) is 14.5 Å². The number of ether oxygens (including phenoxy) is 1. The van der Waals surface area contributed by atoms with E-state index in [0.717, 1.165) is 20.9 Å². The average molecular weight is 427 g/mol. The van der Waals surface area contributed by atoms with Gasteiger partial charge >= 0.3 is 0 Å². The smallest absolute Gasteiger partial charge is 0.293 e. The number of amides is 2. The van der Waals surface area contributed by atoms with Crippen molar-refractivity contribution in [2.45, 2.75) is 19.9 Å². The lowest BCUT2D eigenvalue weighted by Crippen LogP contribution is -2.34. The van der Waals surface area contributed by atoms with E-state index in [0.29, 0.717) is 10.7 Å². The molecule has 1 aromatic carbocycles. The SMILES string of the molecule is C#CCOc1ccc(/C=C2/SC(=O)N(C(C)C)C2=O)cc1I. The van der Waals surface area contributed by atoms with E-state index >= 15 is 0 Å². The standard InChI is InChI=1S/C16H14INO3S/c1-4-7-21-13-6-5-11(8-12(13)17)9-14-15(19)18(10(2)3)16(20)22-14/h1,5-6,8-10H,7H2,2-3H3/b14-9+. The molecule has 0 N–H and O–H groups in total. The van der Waals surface area contributed by atoms with Crippen LogP contribution in [0.3, 0.4) is 0 Å². The summed E-state index contributed by atoms with van der Waals surface area (Å²) in [5.41, 5.74) is 0.840. The molecule has 0 spiro atoms. The van der Waals surface area contributed by atoms with E-state index in [1.165, 1.54) is 4.90 Å². The molecular weight excluding hydrogens is 413 g/mol. The summed E-state index contributed by atoms with van der Waals surface area (Å²) >= 11 is 3.11. The highest BCUT2D eigenvalue weighted by atomic mass is 127. The first kappa shape index (κ1) is 16.9. The van der Waals surface area contributed by atoms with Crippen molar-refractivity contribution >= 4 is 51.6 Å². The number of rotatable bonds is 4. The summed E-state index contributed by atoms with van der Waals surface area (Å²) in [4.78, 5) is 25.8. The number of terminal acetylenes is 1. The highest BCUT2D eigenvalue weighted by molar-refractivity contribution is 14.1.